The smallest absolute Gasteiger partial charge is 0.387 e. The van der Waals surface area contributed by atoms with Crippen LogP contribution in [0.4, 0.5) is 24.5 Å². The number of rotatable bonds is 12. The minimum Gasteiger partial charge on any atom is -0.433 e. The summed E-state index contributed by atoms with van der Waals surface area (Å²) < 4.78 is 71.1. The summed E-state index contributed by atoms with van der Waals surface area (Å²) in [5.41, 5.74) is 1.52. The van der Waals surface area contributed by atoms with E-state index in [1.165, 1.54) is 72.3 Å². The quantitative estimate of drug-likeness (QED) is 0.301. The number of hydrogen-bond donors (Lipinski definition) is 1. The normalized spacial score (nSPS) is 17.7. The zero-order valence-electron chi connectivity index (χ0n) is 26.6. The number of benzene rings is 2. The van der Waals surface area contributed by atoms with E-state index >= 15 is 0 Å². The molecule has 2 fully saturated rings. The molecule has 3 amide bonds. The van der Waals surface area contributed by atoms with Gasteiger partial charge in [-0.3, -0.25) is 18.7 Å². The van der Waals surface area contributed by atoms with Gasteiger partial charge >= 0.3 is 6.61 Å². The maximum Gasteiger partial charge on any atom is 0.387 e. The fourth-order valence-electron chi connectivity index (χ4n) is 5.75. The number of ether oxygens (including phenoxy) is 1. The summed E-state index contributed by atoms with van der Waals surface area (Å²) in [7, 11) is -2.31. The standard InChI is InChI=1S/C33H36F3N5O6S/c1-20(42)40-19-23(22-9-14-30(47-33(35)36)28(15-22)41(48(3,45)46)18-21-7-8-21)16-29(40)31(43)37-17-25-5-4-6-27(38-25)32(44)39(2)26-12-10-24(34)11-13-26/h4-6,9-15,21,23,29,33H,7-8,16-19H2,1-3H3,(H,37,43)/t23?,29-/m1/s1. The van der Waals surface area contributed by atoms with E-state index < -0.39 is 46.2 Å². The predicted octanol–water partition coefficient (Wildman–Crippen LogP) is 4.30. The van der Waals surface area contributed by atoms with E-state index in [1.807, 2.05) is 0 Å². The van der Waals surface area contributed by atoms with Gasteiger partial charge in [0.1, 0.15) is 23.3 Å². The van der Waals surface area contributed by atoms with E-state index in [0.29, 0.717) is 16.9 Å². The van der Waals surface area contributed by atoms with E-state index in [0.717, 1.165) is 23.4 Å². The Labute approximate surface area is 276 Å². The van der Waals surface area contributed by atoms with Gasteiger partial charge in [-0.05, 0) is 79.3 Å². The fourth-order valence-corrected chi connectivity index (χ4v) is 6.73. The lowest BCUT2D eigenvalue weighted by molar-refractivity contribution is -0.136. The molecule has 2 atom stereocenters. The van der Waals surface area contributed by atoms with Crippen LogP contribution < -0.4 is 19.3 Å². The molecule has 11 nitrogen and oxygen atoms in total. The Kier molecular flexibility index (Phi) is 10.3. The van der Waals surface area contributed by atoms with Crippen molar-refractivity contribution in [3.63, 3.8) is 0 Å². The summed E-state index contributed by atoms with van der Waals surface area (Å²) >= 11 is 0. The van der Waals surface area contributed by atoms with Crippen molar-refractivity contribution in [1.82, 2.24) is 15.2 Å². The van der Waals surface area contributed by atoms with Crippen molar-refractivity contribution in [2.24, 2.45) is 5.92 Å². The number of amides is 3. The zero-order valence-corrected chi connectivity index (χ0v) is 27.4. The van der Waals surface area contributed by atoms with Crippen molar-refractivity contribution in [2.75, 3.05) is 35.6 Å². The lowest BCUT2D eigenvalue weighted by Crippen LogP contribution is -2.45. The third kappa shape index (κ3) is 8.24. The second-order valence-corrected chi connectivity index (χ2v) is 13.9. The highest BCUT2D eigenvalue weighted by atomic mass is 32.2. The number of sulfonamides is 1. The summed E-state index contributed by atoms with van der Waals surface area (Å²) in [5.74, 6) is -2.26. The molecule has 1 N–H and O–H groups in total. The molecule has 3 aromatic rings. The van der Waals surface area contributed by atoms with Crippen LogP contribution in [-0.4, -0.2) is 75.1 Å². The van der Waals surface area contributed by atoms with Crippen molar-refractivity contribution in [1.29, 1.82) is 0 Å². The van der Waals surface area contributed by atoms with Crippen LogP contribution in [0.2, 0.25) is 0 Å². The first kappa shape index (κ1) is 34.7. The molecule has 0 bridgehead atoms. The number of pyridine rings is 1. The van der Waals surface area contributed by atoms with Gasteiger partial charge in [-0.2, -0.15) is 8.78 Å². The van der Waals surface area contributed by atoms with Crippen molar-refractivity contribution in [3.05, 3.63) is 83.4 Å². The Balaban J connectivity index is 1.31. The van der Waals surface area contributed by atoms with Gasteiger partial charge in [0.15, 0.2) is 0 Å². The number of aromatic nitrogens is 1. The van der Waals surface area contributed by atoms with E-state index in [4.69, 9.17) is 0 Å². The molecular weight excluding hydrogens is 651 g/mol. The van der Waals surface area contributed by atoms with E-state index in [2.05, 4.69) is 15.0 Å². The molecule has 15 heteroatoms. The number of likely N-dealkylation sites (tertiary alicyclic amines) is 1. The highest BCUT2D eigenvalue weighted by Crippen LogP contribution is 2.41. The maximum atomic E-state index is 13.4. The van der Waals surface area contributed by atoms with Crippen LogP contribution in [0.15, 0.2) is 60.7 Å². The Morgan fingerprint density at radius 2 is 1.79 bits per heavy atom. The topological polar surface area (TPSA) is 129 Å². The van der Waals surface area contributed by atoms with Crippen molar-refractivity contribution in [3.8, 4) is 5.75 Å². The van der Waals surface area contributed by atoms with Crippen molar-refractivity contribution < 1.29 is 40.7 Å². The SMILES string of the molecule is CC(=O)N1CC(c2ccc(OC(F)F)c(N(CC3CC3)S(C)(=O)=O)c2)C[C@@H]1C(=O)NCc1cccc(C(=O)N(C)c2ccc(F)cc2)n1. The van der Waals surface area contributed by atoms with Gasteiger partial charge in [-0.1, -0.05) is 12.1 Å². The highest BCUT2D eigenvalue weighted by Gasteiger charge is 2.40. The lowest BCUT2D eigenvalue weighted by Gasteiger charge is -2.26. The first-order valence-electron chi connectivity index (χ1n) is 15.3. The summed E-state index contributed by atoms with van der Waals surface area (Å²) in [5, 5.41) is 2.79. The third-order valence-corrected chi connectivity index (χ3v) is 9.60. The van der Waals surface area contributed by atoms with E-state index in [1.54, 1.807) is 12.1 Å². The van der Waals surface area contributed by atoms with Crippen LogP contribution in [0.25, 0.3) is 0 Å². The number of carbonyl (C=O) groups excluding carboxylic acids is 3. The molecule has 1 aromatic heterocycles. The van der Waals surface area contributed by atoms with Crippen LogP contribution in [-0.2, 0) is 26.2 Å². The molecule has 0 spiro atoms. The van der Waals surface area contributed by atoms with E-state index in [9.17, 15) is 36.0 Å². The largest absolute Gasteiger partial charge is 0.433 e. The Bertz CT molecular complexity index is 1790. The maximum absolute atomic E-state index is 13.4. The number of nitrogens with one attached hydrogen (secondary N) is 1. The molecule has 48 heavy (non-hydrogen) atoms. The van der Waals surface area contributed by atoms with Gasteiger partial charge in [0.2, 0.25) is 21.8 Å². The first-order valence-corrected chi connectivity index (χ1v) is 17.2. The number of anilines is 2. The van der Waals surface area contributed by atoms with Gasteiger partial charge in [0.25, 0.3) is 5.91 Å². The molecule has 1 aliphatic heterocycles. The second kappa shape index (κ2) is 14.2. The van der Waals surface area contributed by atoms with Crippen LogP contribution >= 0.6 is 0 Å². The first-order chi connectivity index (χ1) is 22.7. The molecule has 0 radical (unpaired) electrons. The van der Waals surface area contributed by atoms with Gasteiger partial charge < -0.3 is 19.9 Å². The minimum atomic E-state index is -3.85. The van der Waals surface area contributed by atoms with Gasteiger partial charge in [0, 0.05) is 38.7 Å². The monoisotopic (exact) mass is 687 g/mol. The number of alkyl halides is 2. The Morgan fingerprint density at radius 3 is 2.42 bits per heavy atom. The second-order valence-electron chi connectivity index (χ2n) is 12.0. The lowest BCUT2D eigenvalue weighted by atomic mass is 9.95. The number of carbonyl (C=O) groups is 3. The molecule has 2 aliphatic rings. The average molecular weight is 688 g/mol. The third-order valence-electron chi connectivity index (χ3n) is 8.46. The molecule has 1 aliphatic carbocycles. The van der Waals surface area contributed by atoms with Crippen LogP contribution in [0.1, 0.15) is 53.8 Å². The summed E-state index contributed by atoms with van der Waals surface area (Å²) in [6, 6.07) is 13.6. The molecule has 2 aromatic carbocycles. The average Bonchev–Trinajstić information content (AvgIpc) is 3.76. The molecular formula is C33H36F3N5O6S. The molecule has 5 rings (SSSR count). The fraction of sp³-hybridized carbons (Fsp3) is 0.394. The number of hydrogen-bond acceptors (Lipinski definition) is 7. The van der Waals surface area contributed by atoms with Crippen LogP contribution in [0.5, 0.6) is 5.75 Å². The predicted molar refractivity (Wildman–Crippen MR) is 172 cm³/mol. The molecule has 256 valence electrons. The summed E-state index contributed by atoms with van der Waals surface area (Å²) in [4.78, 5) is 46.2. The molecule has 2 heterocycles. The molecule has 1 saturated carbocycles. The van der Waals surface area contributed by atoms with Gasteiger partial charge in [-0.25, -0.2) is 17.8 Å². The van der Waals surface area contributed by atoms with Crippen LogP contribution in [0, 0.1) is 11.7 Å². The van der Waals surface area contributed by atoms with Crippen molar-refractivity contribution >= 4 is 39.1 Å². The Hall–Kier alpha value is -4.66. The van der Waals surface area contributed by atoms with Gasteiger partial charge in [-0.15, -0.1) is 0 Å². The van der Waals surface area contributed by atoms with Crippen molar-refractivity contribution in [2.45, 2.75) is 51.3 Å². The van der Waals surface area contributed by atoms with Crippen LogP contribution in [0.3, 0.4) is 0 Å². The van der Waals surface area contributed by atoms with E-state index in [-0.39, 0.29) is 55.0 Å². The van der Waals surface area contributed by atoms with Gasteiger partial charge in [0.05, 0.1) is 24.2 Å². The molecule has 1 unspecified atom stereocenters. The Morgan fingerprint density at radius 1 is 1.08 bits per heavy atom. The number of nitrogens with zero attached hydrogens (tertiary/aromatic N) is 4. The summed E-state index contributed by atoms with van der Waals surface area (Å²) in [6.07, 6.45) is 2.85. The highest BCUT2D eigenvalue weighted by molar-refractivity contribution is 7.92. The summed E-state index contributed by atoms with van der Waals surface area (Å²) in [6.45, 7) is -1.61. The number of halogens is 3. The molecule has 1 saturated heterocycles. The minimum absolute atomic E-state index is 0.0185. The zero-order chi connectivity index (χ0) is 34.7.